The van der Waals surface area contributed by atoms with Crippen LogP contribution in [0.25, 0.3) is 0 Å². The molecule has 6 nitrogen and oxygen atoms in total. The fourth-order valence-corrected chi connectivity index (χ4v) is 2.96. The van der Waals surface area contributed by atoms with Crippen LogP contribution in [0.1, 0.15) is 22.8 Å². The standard InChI is InChI=1S/C17H21N5O/c1-13-19-14(2)22(20-13)12-17-11-21(6-7-23-17)10-16-5-3-4-15(8-16)9-18/h3-5,8,17H,6-7,10-12H2,1-2H3. The van der Waals surface area contributed by atoms with Gasteiger partial charge in [0.05, 0.1) is 30.9 Å². The Bertz CT molecular complexity index is 718. The predicted molar refractivity (Wildman–Crippen MR) is 85.7 cm³/mol. The molecule has 2 aromatic rings. The van der Waals surface area contributed by atoms with Crippen LogP contribution in [0.2, 0.25) is 0 Å². The zero-order chi connectivity index (χ0) is 16.2. The van der Waals surface area contributed by atoms with Crippen molar-refractivity contribution in [2.75, 3.05) is 19.7 Å². The highest BCUT2D eigenvalue weighted by Gasteiger charge is 2.22. The van der Waals surface area contributed by atoms with E-state index in [4.69, 9.17) is 10.00 Å². The maximum Gasteiger partial charge on any atom is 0.147 e. The molecule has 0 radical (unpaired) electrons. The van der Waals surface area contributed by atoms with Crippen molar-refractivity contribution in [1.82, 2.24) is 19.7 Å². The normalized spacial score (nSPS) is 18.7. The van der Waals surface area contributed by atoms with E-state index in [1.807, 2.05) is 36.7 Å². The number of hydrogen-bond donors (Lipinski definition) is 0. The third-order valence-corrected chi connectivity index (χ3v) is 4.02. The molecule has 120 valence electrons. The molecule has 1 fully saturated rings. The first kappa shape index (κ1) is 15.7. The summed E-state index contributed by atoms with van der Waals surface area (Å²) in [5.41, 5.74) is 1.87. The average Bonchev–Trinajstić information content (AvgIpc) is 2.85. The van der Waals surface area contributed by atoms with Crippen molar-refractivity contribution in [3.05, 3.63) is 47.0 Å². The number of ether oxygens (including phenoxy) is 1. The van der Waals surface area contributed by atoms with Crippen LogP contribution in [0.5, 0.6) is 0 Å². The van der Waals surface area contributed by atoms with Crippen molar-refractivity contribution < 1.29 is 4.74 Å². The summed E-state index contributed by atoms with van der Waals surface area (Å²) < 4.78 is 7.79. The molecule has 1 aliphatic rings. The van der Waals surface area contributed by atoms with Gasteiger partial charge >= 0.3 is 0 Å². The molecule has 1 unspecified atom stereocenters. The van der Waals surface area contributed by atoms with E-state index in [-0.39, 0.29) is 6.10 Å². The fourth-order valence-electron chi connectivity index (χ4n) is 2.96. The van der Waals surface area contributed by atoms with Crippen molar-refractivity contribution in [2.24, 2.45) is 0 Å². The summed E-state index contributed by atoms with van der Waals surface area (Å²) in [5.74, 6) is 1.72. The van der Waals surface area contributed by atoms with Crippen molar-refractivity contribution in [1.29, 1.82) is 5.26 Å². The van der Waals surface area contributed by atoms with E-state index in [0.29, 0.717) is 5.56 Å². The van der Waals surface area contributed by atoms with Gasteiger partial charge in [-0.1, -0.05) is 12.1 Å². The third-order valence-electron chi connectivity index (χ3n) is 4.02. The topological polar surface area (TPSA) is 67.0 Å². The van der Waals surface area contributed by atoms with Crippen LogP contribution < -0.4 is 0 Å². The van der Waals surface area contributed by atoms with Crippen molar-refractivity contribution in [3.8, 4) is 6.07 Å². The van der Waals surface area contributed by atoms with Crippen molar-refractivity contribution >= 4 is 0 Å². The van der Waals surface area contributed by atoms with Crippen LogP contribution in [0.4, 0.5) is 0 Å². The molecule has 0 bridgehead atoms. The second-order valence-corrected chi connectivity index (χ2v) is 5.93. The minimum Gasteiger partial charge on any atom is -0.374 e. The van der Waals surface area contributed by atoms with Gasteiger partial charge < -0.3 is 4.74 Å². The van der Waals surface area contributed by atoms with E-state index >= 15 is 0 Å². The smallest absolute Gasteiger partial charge is 0.147 e. The number of nitrogens with zero attached hydrogens (tertiary/aromatic N) is 5. The van der Waals surface area contributed by atoms with Crippen LogP contribution in [0.3, 0.4) is 0 Å². The Kier molecular flexibility index (Phi) is 4.70. The molecular formula is C17H21N5O. The van der Waals surface area contributed by atoms with Gasteiger partial charge in [-0.2, -0.15) is 10.4 Å². The molecule has 23 heavy (non-hydrogen) atoms. The Hall–Kier alpha value is -2.23. The summed E-state index contributed by atoms with van der Waals surface area (Å²) in [6.07, 6.45) is 0.114. The predicted octanol–water partition coefficient (Wildman–Crippen LogP) is 1.67. The molecule has 1 aliphatic heterocycles. The monoisotopic (exact) mass is 311 g/mol. The molecule has 1 aromatic heterocycles. The lowest BCUT2D eigenvalue weighted by Crippen LogP contribution is -2.44. The number of hydrogen-bond acceptors (Lipinski definition) is 5. The van der Waals surface area contributed by atoms with E-state index < -0.39 is 0 Å². The highest BCUT2D eigenvalue weighted by Crippen LogP contribution is 2.13. The average molecular weight is 311 g/mol. The summed E-state index contributed by atoms with van der Waals surface area (Å²) in [6.45, 7) is 7.91. The number of rotatable bonds is 4. The SMILES string of the molecule is Cc1nc(C)n(CC2CN(Cc3cccc(C#N)c3)CCO2)n1. The van der Waals surface area contributed by atoms with Gasteiger partial charge in [-0.3, -0.25) is 4.90 Å². The third kappa shape index (κ3) is 3.95. The zero-order valence-corrected chi connectivity index (χ0v) is 13.6. The van der Waals surface area contributed by atoms with E-state index in [2.05, 4.69) is 27.1 Å². The number of morpholine rings is 1. The number of aromatic nitrogens is 3. The molecule has 3 rings (SSSR count). The summed E-state index contributed by atoms with van der Waals surface area (Å²) in [5, 5.41) is 13.4. The van der Waals surface area contributed by atoms with Gasteiger partial charge in [0.2, 0.25) is 0 Å². The van der Waals surface area contributed by atoms with E-state index in [9.17, 15) is 0 Å². The number of aryl methyl sites for hydroxylation is 2. The Labute approximate surface area is 136 Å². The van der Waals surface area contributed by atoms with E-state index in [0.717, 1.165) is 50.0 Å². The lowest BCUT2D eigenvalue weighted by molar-refractivity contribution is -0.0405. The highest BCUT2D eigenvalue weighted by molar-refractivity contribution is 5.32. The summed E-state index contributed by atoms with van der Waals surface area (Å²) in [4.78, 5) is 6.70. The van der Waals surface area contributed by atoms with Crippen LogP contribution in [0, 0.1) is 25.2 Å². The van der Waals surface area contributed by atoms with Crippen LogP contribution in [0.15, 0.2) is 24.3 Å². The highest BCUT2D eigenvalue weighted by atomic mass is 16.5. The van der Waals surface area contributed by atoms with Gasteiger partial charge in [0.1, 0.15) is 11.6 Å². The largest absolute Gasteiger partial charge is 0.374 e. The molecule has 0 amide bonds. The lowest BCUT2D eigenvalue weighted by atomic mass is 10.1. The molecular weight excluding hydrogens is 290 g/mol. The first-order valence-corrected chi connectivity index (χ1v) is 7.85. The Balaban J connectivity index is 1.62. The molecule has 1 aromatic carbocycles. The summed E-state index contributed by atoms with van der Waals surface area (Å²) >= 11 is 0. The molecule has 1 saturated heterocycles. The Morgan fingerprint density at radius 3 is 3.00 bits per heavy atom. The minimum absolute atomic E-state index is 0.114. The Morgan fingerprint density at radius 2 is 2.26 bits per heavy atom. The lowest BCUT2D eigenvalue weighted by Gasteiger charge is -2.33. The molecule has 6 heteroatoms. The van der Waals surface area contributed by atoms with Gasteiger partial charge in [-0.25, -0.2) is 9.67 Å². The first-order valence-electron chi connectivity index (χ1n) is 7.85. The second kappa shape index (κ2) is 6.90. The van der Waals surface area contributed by atoms with Crippen molar-refractivity contribution in [3.63, 3.8) is 0 Å². The second-order valence-electron chi connectivity index (χ2n) is 5.93. The summed E-state index contributed by atoms with van der Waals surface area (Å²) in [6, 6.07) is 9.98. The van der Waals surface area contributed by atoms with Gasteiger partial charge in [-0.15, -0.1) is 0 Å². The first-order chi connectivity index (χ1) is 11.1. The van der Waals surface area contributed by atoms with Gasteiger partial charge in [0.15, 0.2) is 0 Å². The molecule has 1 atom stereocenters. The number of nitriles is 1. The Morgan fingerprint density at radius 1 is 1.39 bits per heavy atom. The summed E-state index contributed by atoms with van der Waals surface area (Å²) in [7, 11) is 0. The van der Waals surface area contributed by atoms with Gasteiger partial charge in [0, 0.05) is 19.6 Å². The van der Waals surface area contributed by atoms with E-state index in [1.54, 1.807) is 0 Å². The van der Waals surface area contributed by atoms with Gasteiger partial charge in [-0.05, 0) is 31.5 Å². The van der Waals surface area contributed by atoms with Crippen LogP contribution >= 0.6 is 0 Å². The molecule has 2 heterocycles. The van der Waals surface area contributed by atoms with E-state index in [1.165, 1.54) is 0 Å². The van der Waals surface area contributed by atoms with Crippen molar-refractivity contribution in [2.45, 2.75) is 33.0 Å². The minimum atomic E-state index is 0.114. The van der Waals surface area contributed by atoms with Crippen LogP contribution in [-0.4, -0.2) is 45.5 Å². The maximum absolute atomic E-state index is 9.00. The molecule has 0 N–H and O–H groups in total. The van der Waals surface area contributed by atoms with Gasteiger partial charge in [0.25, 0.3) is 0 Å². The van der Waals surface area contributed by atoms with Crippen LogP contribution in [-0.2, 0) is 17.8 Å². The quantitative estimate of drug-likeness (QED) is 0.859. The molecule has 0 saturated carbocycles. The molecule has 0 aliphatic carbocycles. The maximum atomic E-state index is 9.00. The zero-order valence-electron chi connectivity index (χ0n) is 13.6. The fraction of sp³-hybridized carbons (Fsp3) is 0.471. The number of benzene rings is 1. The molecule has 0 spiro atoms.